The average molecular weight is 584 g/mol. The number of benzene rings is 3. The number of ketones is 1. The number of amides is 1. The predicted molar refractivity (Wildman–Crippen MR) is 161 cm³/mol. The van der Waals surface area contributed by atoms with Gasteiger partial charge in [0.2, 0.25) is 5.13 Å². The van der Waals surface area contributed by atoms with Crippen LogP contribution in [0.2, 0.25) is 0 Å². The number of Topliss-reactive ketones (excluding diaryl/α,β-unsaturated/α-hetero) is 1. The number of carbonyl (C=O) groups excluding carboxylic acids is 2. The molecule has 208 valence electrons. The maximum Gasteiger partial charge on any atom is 0.301 e. The maximum absolute atomic E-state index is 13.6. The number of rotatable bonds is 7. The number of carbonyl (C=O) groups is 2. The zero-order valence-electron chi connectivity index (χ0n) is 22.9. The lowest BCUT2D eigenvalue weighted by Gasteiger charge is -2.23. The Bertz CT molecular complexity index is 1650. The molecule has 0 saturated carbocycles. The molecule has 1 saturated heterocycles. The molecule has 2 atom stereocenters. The van der Waals surface area contributed by atoms with E-state index in [0.717, 1.165) is 22.4 Å². The third-order valence-electron chi connectivity index (χ3n) is 7.34. The van der Waals surface area contributed by atoms with Crippen molar-refractivity contribution in [2.24, 2.45) is 0 Å². The number of hydrogen-bond acceptors (Lipinski definition) is 8. The van der Waals surface area contributed by atoms with E-state index in [4.69, 9.17) is 4.74 Å². The number of aromatic nitrogens is 2. The summed E-state index contributed by atoms with van der Waals surface area (Å²) in [5.74, 6) is 0.0881. The van der Waals surface area contributed by atoms with Crippen molar-refractivity contribution in [2.45, 2.75) is 55.3 Å². The van der Waals surface area contributed by atoms with E-state index < -0.39 is 17.7 Å². The Morgan fingerprint density at radius 2 is 1.83 bits per heavy atom. The lowest BCUT2D eigenvalue weighted by Crippen LogP contribution is -2.29. The van der Waals surface area contributed by atoms with E-state index in [1.54, 1.807) is 12.1 Å². The molecule has 0 aliphatic carbocycles. The molecule has 41 heavy (non-hydrogen) atoms. The van der Waals surface area contributed by atoms with Gasteiger partial charge in [-0.25, -0.2) is 0 Å². The summed E-state index contributed by atoms with van der Waals surface area (Å²) < 4.78 is 6.50. The smallest absolute Gasteiger partial charge is 0.301 e. The molecule has 7 nitrogen and oxygen atoms in total. The maximum atomic E-state index is 13.6. The number of nitrogens with zero attached hydrogens (tertiary/aromatic N) is 3. The minimum atomic E-state index is -0.848. The summed E-state index contributed by atoms with van der Waals surface area (Å²) in [6.07, 6.45) is 0.748. The van der Waals surface area contributed by atoms with Crippen LogP contribution in [0.4, 0.5) is 5.13 Å². The normalized spacial score (nSPS) is 19.6. The van der Waals surface area contributed by atoms with E-state index in [-0.39, 0.29) is 17.4 Å². The van der Waals surface area contributed by atoms with Crippen LogP contribution in [-0.2, 0) is 21.8 Å². The monoisotopic (exact) mass is 583 g/mol. The third kappa shape index (κ3) is 5.27. The fourth-order valence-corrected chi connectivity index (χ4v) is 7.03. The molecule has 0 unspecified atom stereocenters. The summed E-state index contributed by atoms with van der Waals surface area (Å²) in [4.78, 5) is 28.5. The fourth-order valence-electron chi connectivity index (χ4n) is 5.21. The fraction of sp³-hybridized carbons (Fsp3) is 0.250. The summed E-state index contributed by atoms with van der Waals surface area (Å²) in [6.45, 7) is 6.20. The van der Waals surface area contributed by atoms with Gasteiger partial charge in [0.05, 0.1) is 11.6 Å². The molecule has 9 heteroatoms. The molecule has 4 aromatic rings. The lowest BCUT2D eigenvalue weighted by atomic mass is 9.93. The Morgan fingerprint density at radius 1 is 1.07 bits per heavy atom. The van der Waals surface area contributed by atoms with E-state index in [0.29, 0.717) is 38.7 Å². The van der Waals surface area contributed by atoms with Crippen molar-refractivity contribution in [1.29, 1.82) is 0 Å². The van der Waals surface area contributed by atoms with Crippen molar-refractivity contribution >= 4 is 45.7 Å². The van der Waals surface area contributed by atoms with Gasteiger partial charge < -0.3 is 9.84 Å². The molecule has 6 rings (SSSR count). The SMILES string of the molecule is CC(C)c1ccc([C@@H]2/C(=C(\O)c3ccc4c(c3)C[C@H](C)O4)C(=O)C(=O)N2c2nnc(SCc3ccccc3)s2)cc1. The molecule has 0 bridgehead atoms. The minimum Gasteiger partial charge on any atom is -0.507 e. The number of aliphatic hydroxyl groups is 1. The van der Waals surface area contributed by atoms with Crippen LogP contribution >= 0.6 is 23.1 Å². The molecule has 2 aliphatic rings. The van der Waals surface area contributed by atoms with Crippen LogP contribution in [0.15, 0.2) is 82.7 Å². The van der Waals surface area contributed by atoms with Crippen LogP contribution < -0.4 is 9.64 Å². The highest BCUT2D eigenvalue weighted by Crippen LogP contribution is 2.44. The number of aliphatic hydroxyl groups excluding tert-OH is 1. The van der Waals surface area contributed by atoms with Crippen molar-refractivity contribution in [3.05, 3.63) is 106 Å². The molecule has 0 spiro atoms. The first kappa shape index (κ1) is 27.2. The average Bonchev–Trinajstić information content (AvgIpc) is 3.67. The second-order valence-corrected chi connectivity index (χ2v) is 12.7. The van der Waals surface area contributed by atoms with Gasteiger partial charge in [0.1, 0.15) is 17.6 Å². The number of anilines is 1. The highest BCUT2D eigenvalue weighted by molar-refractivity contribution is 8.00. The van der Waals surface area contributed by atoms with E-state index in [1.807, 2.05) is 67.6 Å². The van der Waals surface area contributed by atoms with Gasteiger partial charge in [-0.2, -0.15) is 0 Å². The van der Waals surface area contributed by atoms with Gasteiger partial charge in [-0.15, -0.1) is 10.2 Å². The first-order valence-electron chi connectivity index (χ1n) is 13.5. The Hall–Kier alpha value is -3.95. The largest absolute Gasteiger partial charge is 0.507 e. The molecular formula is C32H29N3O4S2. The Kier molecular flexibility index (Phi) is 7.40. The Labute approximate surface area is 246 Å². The predicted octanol–water partition coefficient (Wildman–Crippen LogP) is 6.90. The van der Waals surface area contributed by atoms with E-state index in [1.165, 1.54) is 28.0 Å². The zero-order chi connectivity index (χ0) is 28.7. The van der Waals surface area contributed by atoms with Gasteiger partial charge in [-0.05, 0) is 53.3 Å². The standard InChI is InChI=1S/C32H29N3O4S2/c1-18(2)21-9-11-22(12-10-21)27-26(28(36)23-13-14-25-24(16-23)15-19(3)39-25)29(37)30(38)35(27)31-33-34-32(41-31)40-17-20-7-5-4-6-8-20/h4-14,16,18-19,27,36H,15,17H2,1-3H3/b28-26+/t19-,27+/m0/s1. The molecule has 1 fully saturated rings. The van der Waals surface area contributed by atoms with Crippen molar-refractivity contribution in [3.8, 4) is 5.75 Å². The molecule has 1 aromatic heterocycles. The van der Waals surface area contributed by atoms with Crippen LogP contribution in [0.1, 0.15) is 60.5 Å². The van der Waals surface area contributed by atoms with Crippen molar-refractivity contribution in [3.63, 3.8) is 0 Å². The molecule has 1 amide bonds. The summed E-state index contributed by atoms with van der Waals surface area (Å²) in [5.41, 5.74) is 4.45. The number of ether oxygens (including phenoxy) is 1. The molecule has 3 aromatic carbocycles. The summed E-state index contributed by atoms with van der Waals surface area (Å²) in [7, 11) is 0. The quantitative estimate of drug-likeness (QED) is 0.0831. The molecule has 3 heterocycles. The zero-order valence-corrected chi connectivity index (χ0v) is 24.5. The third-order valence-corrected chi connectivity index (χ3v) is 9.47. The molecule has 0 radical (unpaired) electrons. The summed E-state index contributed by atoms with van der Waals surface area (Å²) in [5, 5.41) is 20.5. The topological polar surface area (TPSA) is 92.6 Å². The number of thioether (sulfide) groups is 1. The minimum absolute atomic E-state index is 0.0351. The Morgan fingerprint density at radius 3 is 2.56 bits per heavy atom. The van der Waals surface area contributed by atoms with Crippen molar-refractivity contribution in [2.75, 3.05) is 4.90 Å². The second kappa shape index (κ2) is 11.1. The van der Waals surface area contributed by atoms with Gasteiger partial charge in [-0.3, -0.25) is 14.5 Å². The highest BCUT2D eigenvalue weighted by Gasteiger charge is 2.48. The summed E-state index contributed by atoms with van der Waals surface area (Å²) in [6, 6.07) is 22.4. The highest BCUT2D eigenvalue weighted by atomic mass is 32.2. The number of hydrogen-bond donors (Lipinski definition) is 1. The van der Waals surface area contributed by atoms with Gasteiger partial charge in [0.15, 0.2) is 4.34 Å². The van der Waals surface area contributed by atoms with Gasteiger partial charge in [0.25, 0.3) is 5.78 Å². The van der Waals surface area contributed by atoms with E-state index in [9.17, 15) is 14.7 Å². The molecule has 1 N–H and O–H groups in total. The van der Waals surface area contributed by atoms with Crippen LogP contribution in [0.5, 0.6) is 5.75 Å². The van der Waals surface area contributed by atoms with Crippen LogP contribution in [0.25, 0.3) is 5.76 Å². The molecular weight excluding hydrogens is 555 g/mol. The van der Waals surface area contributed by atoms with Crippen molar-refractivity contribution < 1.29 is 19.4 Å². The molecule has 2 aliphatic heterocycles. The van der Waals surface area contributed by atoms with Crippen LogP contribution in [0, 0.1) is 0 Å². The van der Waals surface area contributed by atoms with Gasteiger partial charge >= 0.3 is 5.91 Å². The lowest BCUT2D eigenvalue weighted by molar-refractivity contribution is -0.132. The van der Waals surface area contributed by atoms with Crippen molar-refractivity contribution in [1.82, 2.24) is 10.2 Å². The van der Waals surface area contributed by atoms with E-state index in [2.05, 4.69) is 24.0 Å². The van der Waals surface area contributed by atoms with Gasteiger partial charge in [0, 0.05) is 17.7 Å². The Balaban J connectivity index is 1.40. The first-order chi connectivity index (χ1) is 19.8. The number of fused-ring (bicyclic) bond motifs is 1. The van der Waals surface area contributed by atoms with E-state index >= 15 is 0 Å². The van der Waals surface area contributed by atoms with Crippen LogP contribution in [0.3, 0.4) is 0 Å². The van der Waals surface area contributed by atoms with Gasteiger partial charge in [-0.1, -0.05) is 91.5 Å². The second-order valence-electron chi connectivity index (χ2n) is 10.6. The van der Waals surface area contributed by atoms with Crippen LogP contribution in [-0.4, -0.2) is 33.1 Å². The first-order valence-corrected chi connectivity index (χ1v) is 15.3. The summed E-state index contributed by atoms with van der Waals surface area (Å²) >= 11 is 2.78.